The summed E-state index contributed by atoms with van der Waals surface area (Å²) in [5, 5.41) is 0. The molecule has 0 aliphatic carbocycles. The number of ether oxygens (including phenoxy) is 4. The van der Waals surface area contributed by atoms with Crippen molar-refractivity contribution in [1.29, 1.82) is 0 Å². The lowest BCUT2D eigenvalue weighted by Gasteiger charge is -2.37. The minimum atomic E-state index is -0.385. The van der Waals surface area contributed by atoms with Crippen molar-refractivity contribution in [2.24, 2.45) is 5.92 Å². The first kappa shape index (κ1) is 23.5. The molecule has 9 heteroatoms. The van der Waals surface area contributed by atoms with E-state index in [1.807, 2.05) is 29.2 Å². The number of carbonyl (C=O) groups excluding carboxylic acids is 2. The van der Waals surface area contributed by atoms with E-state index in [-0.39, 0.29) is 24.2 Å². The van der Waals surface area contributed by atoms with Gasteiger partial charge in [0.25, 0.3) is 0 Å². The van der Waals surface area contributed by atoms with Crippen LogP contribution in [0.4, 0.5) is 11.4 Å². The number of hydrogen-bond acceptors (Lipinski definition) is 7. The zero-order valence-electron chi connectivity index (χ0n) is 20.1. The smallest absolute Gasteiger partial charge is 0.228 e. The molecule has 2 heterocycles. The van der Waals surface area contributed by atoms with E-state index >= 15 is 0 Å². The van der Waals surface area contributed by atoms with Gasteiger partial charge >= 0.3 is 0 Å². The molecule has 182 valence electrons. The van der Waals surface area contributed by atoms with Crippen molar-refractivity contribution < 1.29 is 28.5 Å². The third-order valence-electron chi connectivity index (χ3n) is 6.45. The van der Waals surface area contributed by atoms with Crippen LogP contribution in [0.1, 0.15) is 6.42 Å². The molecule has 4 rings (SSSR count). The van der Waals surface area contributed by atoms with E-state index in [9.17, 15) is 9.59 Å². The zero-order chi connectivity index (χ0) is 24.2. The molecule has 2 saturated heterocycles. The number of piperazine rings is 1. The van der Waals surface area contributed by atoms with Crippen LogP contribution >= 0.6 is 0 Å². The second kappa shape index (κ2) is 10.1. The molecule has 9 nitrogen and oxygen atoms in total. The Labute approximate surface area is 199 Å². The normalized spacial score (nSPS) is 18.2. The SMILES string of the molecule is COc1ccccc1N1CCN(C(=O)[C@H]2CC(=O)N(c3cc(OC)c(OC)c(OC)c3)C2)CC1. The van der Waals surface area contributed by atoms with Crippen molar-refractivity contribution in [3.05, 3.63) is 36.4 Å². The quantitative estimate of drug-likeness (QED) is 0.616. The topological polar surface area (TPSA) is 80.8 Å². The van der Waals surface area contributed by atoms with E-state index in [2.05, 4.69) is 4.90 Å². The predicted molar refractivity (Wildman–Crippen MR) is 128 cm³/mol. The van der Waals surface area contributed by atoms with Crippen molar-refractivity contribution >= 4 is 23.2 Å². The van der Waals surface area contributed by atoms with Crippen LogP contribution in [0.25, 0.3) is 0 Å². The Kier molecular flexibility index (Phi) is 7.00. The fourth-order valence-electron chi connectivity index (χ4n) is 4.66. The molecule has 1 atom stereocenters. The van der Waals surface area contributed by atoms with Crippen LogP contribution in [0.15, 0.2) is 36.4 Å². The molecule has 2 aromatic rings. The Hall–Kier alpha value is -3.62. The maximum Gasteiger partial charge on any atom is 0.228 e. The number of nitrogens with zero attached hydrogens (tertiary/aromatic N) is 3. The van der Waals surface area contributed by atoms with E-state index < -0.39 is 0 Å². The maximum atomic E-state index is 13.3. The number of para-hydroxylation sites is 2. The highest BCUT2D eigenvalue weighted by atomic mass is 16.5. The van der Waals surface area contributed by atoms with Crippen molar-refractivity contribution in [3.8, 4) is 23.0 Å². The van der Waals surface area contributed by atoms with Crippen molar-refractivity contribution in [3.63, 3.8) is 0 Å². The number of rotatable bonds is 7. The minimum absolute atomic E-state index is 0.0166. The monoisotopic (exact) mass is 469 g/mol. The fourth-order valence-corrected chi connectivity index (χ4v) is 4.66. The molecule has 2 amide bonds. The van der Waals surface area contributed by atoms with Gasteiger partial charge in [-0.1, -0.05) is 12.1 Å². The second-order valence-electron chi connectivity index (χ2n) is 8.27. The lowest BCUT2D eigenvalue weighted by molar-refractivity contribution is -0.136. The number of hydrogen-bond donors (Lipinski definition) is 0. The summed E-state index contributed by atoms with van der Waals surface area (Å²) >= 11 is 0. The van der Waals surface area contributed by atoms with Crippen LogP contribution in [0.2, 0.25) is 0 Å². The standard InChI is InChI=1S/C25H31N3O6/c1-31-20-8-6-5-7-19(20)26-9-11-27(12-10-26)25(30)17-13-23(29)28(16-17)18-14-21(32-2)24(34-4)22(15-18)33-3/h5-8,14-15,17H,9-13,16H2,1-4H3/t17-/m0/s1. The highest BCUT2D eigenvalue weighted by Crippen LogP contribution is 2.42. The van der Waals surface area contributed by atoms with Gasteiger partial charge < -0.3 is 33.6 Å². The molecule has 0 spiro atoms. The number of amides is 2. The van der Waals surface area contributed by atoms with Crippen LogP contribution in [0.3, 0.4) is 0 Å². The molecule has 2 aromatic carbocycles. The van der Waals surface area contributed by atoms with Gasteiger partial charge in [0, 0.05) is 51.3 Å². The van der Waals surface area contributed by atoms with Gasteiger partial charge in [0.15, 0.2) is 11.5 Å². The minimum Gasteiger partial charge on any atom is -0.495 e. The summed E-state index contributed by atoms with van der Waals surface area (Å²) < 4.78 is 21.7. The Morgan fingerprint density at radius 1 is 0.853 bits per heavy atom. The molecule has 2 fully saturated rings. The van der Waals surface area contributed by atoms with Crippen LogP contribution in [-0.2, 0) is 9.59 Å². The molecule has 0 N–H and O–H groups in total. The average Bonchev–Trinajstić information content (AvgIpc) is 3.28. The molecule has 2 aliphatic rings. The Balaban J connectivity index is 1.43. The van der Waals surface area contributed by atoms with Gasteiger partial charge in [-0.3, -0.25) is 9.59 Å². The molecule has 2 aliphatic heterocycles. The van der Waals surface area contributed by atoms with Gasteiger partial charge in [0.05, 0.1) is 45.7 Å². The van der Waals surface area contributed by atoms with E-state index in [4.69, 9.17) is 18.9 Å². The molecule has 0 radical (unpaired) electrons. The van der Waals surface area contributed by atoms with Gasteiger partial charge in [-0.05, 0) is 12.1 Å². The summed E-state index contributed by atoms with van der Waals surface area (Å²) in [6.07, 6.45) is 0.183. The number of anilines is 2. The zero-order valence-corrected chi connectivity index (χ0v) is 20.1. The van der Waals surface area contributed by atoms with E-state index in [1.54, 1.807) is 24.1 Å². The highest BCUT2D eigenvalue weighted by molar-refractivity contribution is 6.00. The van der Waals surface area contributed by atoms with Crippen LogP contribution in [0.5, 0.6) is 23.0 Å². The van der Waals surface area contributed by atoms with E-state index in [0.29, 0.717) is 55.7 Å². The number of methoxy groups -OCH3 is 4. The summed E-state index contributed by atoms with van der Waals surface area (Å²) in [5.74, 6) is 1.75. The summed E-state index contributed by atoms with van der Waals surface area (Å²) in [4.78, 5) is 31.8. The maximum absolute atomic E-state index is 13.3. The van der Waals surface area contributed by atoms with Gasteiger partial charge in [0.2, 0.25) is 17.6 Å². The van der Waals surface area contributed by atoms with Gasteiger partial charge in [0.1, 0.15) is 5.75 Å². The molecular formula is C25H31N3O6. The van der Waals surface area contributed by atoms with E-state index in [0.717, 1.165) is 11.4 Å². The van der Waals surface area contributed by atoms with Gasteiger partial charge in [-0.2, -0.15) is 0 Å². The summed E-state index contributed by atoms with van der Waals surface area (Å²) in [6, 6.07) is 11.4. The molecule has 0 unspecified atom stereocenters. The molecule has 0 bridgehead atoms. The Morgan fingerprint density at radius 2 is 1.47 bits per heavy atom. The first-order chi connectivity index (χ1) is 16.5. The average molecular weight is 470 g/mol. The summed E-state index contributed by atoms with van der Waals surface area (Å²) in [6.45, 7) is 2.95. The lowest BCUT2D eigenvalue weighted by Crippen LogP contribution is -2.50. The van der Waals surface area contributed by atoms with Gasteiger partial charge in [-0.25, -0.2) is 0 Å². The lowest BCUT2D eigenvalue weighted by atomic mass is 10.1. The molecular weight excluding hydrogens is 438 g/mol. The number of benzene rings is 2. The first-order valence-electron chi connectivity index (χ1n) is 11.3. The van der Waals surface area contributed by atoms with Crippen LogP contribution in [-0.4, -0.2) is 77.9 Å². The number of carbonyl (C=O) groups is 2. The van der Waals surface area contributed by atoms with Crippen molar-refractivity contribution in [1.82, 2.24) is 4.90 Å². The van der Waals surface area contributed by atoms with E-state index in [1.165, 1.54) is 21.3 Å². The van der Waals surface area contributed by atoms with Crippen LogP contribution in [0, 0.1) is 5.92 Å². The highest BCUT2D eigenvalue weighted by Gasteiger charge is 2.38. The third-order valence-corrected chi connectivity index (χ3v) is 6.45. The molecule has 0 saturated carbocycles. The summed E-state index contributed by atoms with van der Waals surface area (Å²) in [5.41, 5.74) is 1.65. The second-order valence-corrected chi connectivity index (χ2v) is 8.27. The molecule has 34 heavy (non-hydrogen) atoms. The van der Waals surface area contributed by atoms with Crippen molar-refractivity contribution in [2.45, 2.75) is 6.42 Å². The predicted octanol–water partition coefficient (Wildman–Crippen LogP) is 2.42. The van der Waals surface area contributed by atoms with Crippen LogP contribution < -0.4 is 28.7 Å². The van der Waals surface area contributed by atoms with Gasteiger partial charge in [-0.15, -0.1) is 0 Å². The Bertz CT molecular complexity index is 1030. The summed E-state index contributed by atoms with van der Waals surface area (Å²) in [7, 11) is 6.26. The third kappa shape index (κ3) is 4.42. The Morgan fingerprint density at radius 3 is 2.06 bits per heavy atom. The van der Waals surface area contributed by atoms with Crippen molar-refractivity contribution in [2.75, 3.05) is 71.0 Å². The fraction of sp³-hybridized carbons (Fsp3) is 0.440. The first-order valence-corrected chi connectivity index (χ1v) is 11.3. The largest absolute Gasteiger partial charge is 0.495 e. The molecule has 0 aromatic heterocycles.